The lowest BCUT2D eigenvalue weighted by molar-refractivity contribution is -0.121. The predicted octanol–water partition coefficient (Wildman–Crippen LogP) is 2.96. The third-order valence-electron chi connectivity index (χ3n) is 5.83. The Bertz CT molecular complexity index is 536. The van der Waals surface area contributed by atoms with E-state index >= 15 is 0 Å². The molecule has 120 valence electrons. The molecule has 22 heavy (non-hydrogen) atoms. The van der Waals surface area contributed by atoms with Gasteiger partial charge < -0.3 is 9.84 Å². The summed E-state index contributed by atoms with van der Waals surface area (Å²) in [6, 6.07) is 0.346. The number of rotatable bonds is 4. The Kier molecular flexibility index (Phi) is 3.89. The summed E-state index contributed by atoms with van der Waals surface area (Å²) >= 11 is 0. The summed E-state index contributed by atoms with van der Waals surface area (Å²) in [7, 11) is 0. The maximum atomic E-state index is 12.1. The van der Waals surface area contributed by atoms with Crippen molar-refractivity contribution in [3.63, 3.8) is 0 Å². The number of hydrogen-bond donors (Lipinski definition) is 1. The van der Waals surface area contributed by atoms with Gasteiger partial charge in [-0.1, -0.05) is 30.8 Å². The number of amides is 1. The van der Waals surface area contributed by atoms with Gasteiger partial charge in [0.25, 0.3) is 0 Å². The molecular weight excluding hydrogens is 278 g/mol. The van der Waals surface area contributed by atoms with Crippen molar-refractivity contribution < 1.29 is 9.32 Å². The zero-order valence-corrected chi connectivity index (χ0v) is 13.1. The maximum absolute atomic E-state index is 12.1. The van der Waals surface area contributed by atoms with Crippen molar-refractivity contribution in [3.8, 4) is 0 Å². The smallest absolute Gasteiger partial charge is 0.230 e. The van der Waals surface area contributed by atoms with Crippen molar-refractivity contribution in [3.05, 3.63) is 11.7 Å². The Hall–Kier alpha value is -1.39. The minimum absolute atomic E-state index is 0.0344. The van der Waals surface area contributed by atoms with Gasteiger partial charge >= 0.3 is 0 Å². The summed E-state index contributed by atoms with van der Waals surface area (Å²) in [4.78, 5) is 16.6. The first-order valence-corrected chi connectivity index (χ1v) is 8.90. The molecule has 5 heteroatoms. The summed E-state index contributed by atoms with van der Waals surface area (Å²) in [5.41, 5.74) is 0. The number of fused-ring (bicyclic) bond motifs is 2. The fourth-order valence-corrected chi connectivity index (χ4v) is 4.71. The van der Waals surface area contributed by atoms with Gasteiger partial charge in [-0.3, -0.25) is 4.79 Å². The SMILES string of the molecule is O=C(Cc1noc(C2CC3CCC2C3)n1)NC1CCCCC1. The lowest BCUT2D eigenvalue weighted by atomic mass is 9.89. The largest absolute Gasteiger partial charge is 0.353 e. The molecule has 1 N–H and O–H groups in total. The van der Waals surface area contributed by atoms with E-state index in [1.165, 1.54) is 44.9 Å². The van der Waals surface area contributed by atoms with Crippen LogP contribution >= 0.6 is 0 Å². The standard InChI is InChI=1S/C17H25N3O2/c21-16(18-13-4-2-1-3-5-13)10-15-19-17(22-20-15)14-9-11-6-7-12(14)8-11/h11-14H,1-10H2,(H,18,21). The first-order valence-electron chi connectivity index (χ1n) is 8.90. The second kappa shape index (κ2) is 6.01. The molecule has 0 radical (unpaired) electrons. The minimum atomic E-state index is 0.0344. The van der Waals surface area contributed by atoms with Gasteiger partial charge in [0.15, 0.2) is 5.82 Å². The van der Waals surface area contributed by atoms with Gasteiger partial charge in [-0.25, -0.2) is 0 Å². The third kappa shape index (κ3) is 2.90. The van der Waals surface area contributed by atoms with Crippen molar-refractivity contribution in [2.75, 3.05) is 0 Å². The van der Waals surface area contributed by atoms with E-state index in [9.17, 15) is 4.79 Å². The summed E-state index contributed by atoms with van der Waals surface area (Å²) in [6.07, 6.45) is 11.4. The fraction of sp³-hybridized carbons (Fsp3) is 0.824. The van der Waals surface area contributed by atoms with Crippen LogP contribution in [0.15, 0.2) is 4.52 Å². The number of hydrogen-bond acceptors (Lipinski definition) is 4. The molecule has 0 saturated heterocycles. The zero-order chi connectivity index (χ0) is 14.9. The Morgan fingerprint density at radius 3 is 2.73 bits per heavy atom. The third-order valence-corrected chi connectivity index (χ3v) is 5.83. The Morgan fingerprint density at radius 1 is 1.14 bits per heavy atom. The van der Waals surface area contributed by atoms with Gasteiger partial charge in [0, 0.05) is 12.0 Å². The number of carbonyl (C=O) groups is 1. The molecule has 3 aliphatic carbocycles. The van der Waals surface area contributed by atoms with Crippen molar-refractivity contribution >= 4 is 5.91 Å². The normalized spacial score (nSPS) is 31.5. The molecule has 1 aromatic rings. The molecule has 0 aromatic carbocycles. The van der Waals surface area contributed by atoms with Gasteiger partial charge in [-0.05, 0) is 43.9 Å². The summed E-state index contributed by atoms with van der Waals surface area (Å²) in [6.45, 7) is 0. The topological polar surface area (TPSA) is 68.0 Å². The van der Waals surface area contributed by atoms with E-state index in [0.717, 1.165) is 30.6 Å². The van der Waals surface area contributed by atoms with Crippen LogP contribution < -0.4 is 5.32 Å². The van der Waals surface area contributed by atoms with E-state index in [0.29, 0.717) is 17.8 Å². The molecule has 3 unspecified atom stereocenters. The van der Waals surface area contributed by atoms with E-state index in [-0.39, 0.29) is 12.3 Å². The highest BCUT2D eigenvalue weighted by Gasteiger charge is 2.42. The van der Waals surface area contributed by atoms with Crippen LogP contribution in [0.2, 0.25) is 0 Å². The molecule has 3 aliphatic rings. The van der Waals surface area contributed by atoms with Gasteiger partial charge in [0.1, 0.15) is 0 Å². The van der Waals surface area contributed by atoms with Gasteiger partial charge in [-0.15, -0.1) is 0 Å². The van der Waals surface area contributed by atoms with Gasteiger partial charge in [0.05, 0.1) is 6.42 Å². The highest BCUT2D eigenvalue weighted by Crippen LogP contribution is 2.52. The first-order chi connectivity index (χ1) is 10.8. The molecule has 3 atom stereocenters. The molecule has 1 aromatic heterocycles. The molecule has 0 spiro atoms. The lowest BCUT2D eigenvalue weighted by Gasteiger charge is -2.22. The Balaban J connectivity index is 1.32. The van der Waals surface area contributed by atoms with Crippen LogP contribution in [-0.4, -0.2) is 22.1 Å². The highest BCUT2D eigenvalue weighted by molar-refractivity contribution is 5.78. The quantitative estimate of drug-likeness (QED) is 0.928. The predicted molar refractivity (Wildman–Crippen MR) is 81.2 cm³/mol. The Morgan fingerprint density at radius 2 is 2.00 bits per heavy atom. The molecule has 1 heterocycles. The van der Waals surface area contributed by atoms with Crippen molar-refractivity contribution in [1.82, 2.24) is 15.5 Å². The molecule has 2 bridgehead atoms. The van der Waals surface area contributed by atoms with Crippen LogP contribution in [0.3, 0.4) is 0 Å². The van der Waals surface area contributed by atoms with Crippen LogP contribution in [-0.2, 0) is 11.2 Å². The molecule has 4 rings (SSSR count). The highest BCUT2D eigenvalue weighted by atomic mass is 16.5. The fourth-order valence-electron chi connectivity index (χ4n) is 4.71. The van der Waals surface area contributed by atoms with Gasteiger partial charge in [-0.2, -0.15) is 4.98 Å². The van der Waals surface area contributed by atoms with Crippen LogP contribution in [0, 0.1) is 11.8 Å². The minimum Gasteiger partial charge on any atom is -0.353 e. The van der Waals surface area contributed by atoms with Crippen LogP contribution in [0.1, 0.15) is 75.4 Å². The summed E-state index contributed by atoms with van der Waals surface area (Å²) in [5.74, 6) is 3.39. The second-order valence-electron chi connectivity index (χ2n) is 7.41. The molecule has 5 nitrogen and oxygen atoms in total. The molecule has 1 amide bonds. The van der Waals surface area contributed by atoms with Crippen molar-refractivity contribution in [1.29, 1.82) is 0 Å². The van der Waals surface area contributed by atoms with Gasteiger partial charge in [0.2, 0.25) is 11.8 Å². The van der Waals surface area contributed by atoms with E-state index in [2.05, 4.69) is 15.5 Å². The van der Waals surface area contributed by atoms with Crippen molar-refractivity contribution in [2.24, 2.45) is 11.8 Å². The number of carbonyl (C=O) groups excluding carboxylic acids is 1. The number of aromatic nitrogens is 2. The maximum Gasteiger partial charge on any atom is 0.230 e. The van der Waals surface area contributed by atoms with Crippen LogP contribution in [0.4, 0.5) is 0 Å². The van der Waals surface area contributed by atoms with E-state index < -0.39 is 0 Å². The molecule has 0 aliphatic heterocycles. The number of nitrogens with zero attached hydrogens (tertiary/aromatic N) is 2. The molecule has 3 fully saturated rings. The summed E-state index contributed by atoms with van der Waals surface area (Å²) in [5, 5.41) is 7.14. The molecule has 3 saturated carbocycles. The second-order valence-corrected chi connectivity index (χ2v) is 7.41. The van der Waals surface area contributed by atoms with E-state index in [1.807, 2.05) is 0 Å². The van der Waals surface area contributed by atoms with Crippen LogP contribution in [0.25, 0.3) is 0 Å². The Labute approximate surface area is 131 Å². The molecular formula is C17H25N3O2. The van der Waals surface area contributed by atoms with Crippen molar-refractivity contribution in [2.45, 2.75) is 76.2 Å². The first kappa shape index (κ1) is 14.2. The number of nitrogens with one attached hydrogen (secondary N) is 1. The van der Waals surface area contributed by atoms with Crippen LogP contribution in [0.5, 0.6) is 0 Å². The average molecular weight is 303 g/mol. The zero-order valence-electron chi connectivity index (χ0n) is 13.1. The van der Waals surface area contributed by atoms with E-state index in [1.54, 1.807) is 0 Å². The lowest BCUT2D eigenvalue weighted by Crippen LogP contribution is -2.37. The average Bonchev–Trinajstić information content (AvgIpc) is 3.23. The summed E-state index contributed by atoms with van der Waals surface area (Å²) < 4.78 is 5.45. The van der Waals surface area contributed by atoms with E-state index in [4.69, 9.17) is 4.52 Å². The monoisotopic (exact) mass is 303 g/mol.